The minimum absolute atomic E-state index is 0.209. The summed E-state index contributed by atoms with van der Waals surface area (Å²) in [5, 5.41) is 0.932. The van der Waals surface area contributed by atoms with E-state index in [0.29, 0.717) is 24.1 Å². The zero-order valence-electron chi connectivity index (χ0n) is 16.1. The van der Waals surface area contributed by atoms with Crippen LogP contribution in [-0.2, 0) is 6.54 Å². The standard InChI is InChI=1S/C22H26N2O2/c1-14(2)13-24-20-11-10-18(26-5)12-19(20)21(23-22(24)25)17-8-6-16(7-9-17)15(3)4/h6-12,14-15H,13H2,1-5H3. The number of benzene rings is 2. The van der Waals surface area contributed by atoms with Crippen molar-refractivity contribution in [2.24, 2.45) is 5.92 Å². The summed E-state index contributed by atoms with van der Waals surface area (Å²) in [6.45, 7) is 9.17. The maximum Gasteiger partial charge on any atom is 0.348 e. The lowest BCUT2D eigenvalue weighted by Crippen LogP contribution is -2.26. The fraction of sp³-hybridized carbons (Fsp3) is 0.364. The molecule has 0 aliphatic heterocycles. The topological polar surface area (TPSA) is 44.1 Å². The minimum Gasteiger partial charge on any atom is -0.497 e. The van der Waals surface area contributed by atoms with E-state index < -0.39 is 0 Å². The Morgan fingerprint density at radius 1 is 1.04 bits per heavy atom. The van der Waals surface area contributed by atoms with Gasteiger partial charge in [-0.25, -0.2) is 4.79 Å². The Morgan fingerprint density at radius 2 is 1.73 bits per heavy atom. The van der Waals surface area contributed by atoms with Gasteiger partial charge in [0, 0.05) is 17.5 Å². The lowest BCUT2D eigenvalue weighted by Gasteiger charge is -2.15. The SMILES string of the molecule is COc1ccc2c(c1)c(-c1ccc(C(C)C)cc1)nc(=O)n2CC(C)C. The number of ether oxygens (including phenoxy) is 1. The minimum atomic E-state index is -0.209. The molecule has 0 bridgehead atoms. The van der Waals surface area contributed by atoms with Crippen molar-refractivity contribution in [1.29, 1.82) is 0 Å². The molecule has 3 rings (SSSR count). The van der Waals surface area contributed by atoms with Crippen LogP contribution in [0.25, 0.3) is 22.2 Å². The van der Waals surface area contributed by atoms with Crippen LogP contribution in [0.3, 0.4) is 0 Å². The third kappa shape index (κ3) is 3.50. The Bertz CT molecular complexity index is 970. The van der Waals surface area contributed by atoms with Gasteiger partial charge in [0.25, 0.3) is 0 Å². The molecule has 0 amide bonds. The van der Waals surface area contributed by atoms with Gasteiger partial charge in [0.05, 0.1) is 18.3 Å². The first-order valence-corrected chi connectivity index (χ1v) is 9.09. The second-order valence-electron chi connectivity index (χ2n) is 7.41. The maximum absolute atomic E-state index is 12.7. The van der Waals surface area contributed by atoms with Gasteiger partial charge in [0.1, 0.15) is 5.75 Å². The van der Waals surface area contributed by atoms with Crippen molar-refractivity contribution in [3.05, 3.63) is 58.5 Å². The Labute approximate surface area is 154 Å². The van der Waals surface area contributed by atoms with E-state index in [0.717, 1.165) is 22.2 Å². The fourth-order valence-electron chi connectivity index (χ4n) is 3.17. The van der Waals surface area contributed by atoms with E-state index in [4.69, 9.17) is 4.74 Å². The molecule has 136 valence electrons. The van der Waals surface area contributed by atoms with Crippen molar-refractivity contribution in [3.63, 3.8) is 0 Å². The van der Waals surface area contributed by atoms with Crippen molar-refractivity contribution in [3.8, 4) is 17.0 Å². The highest BCUT2D eigenvalue weighted by Crippen LogP contribution is 2.30. The van der Waals surface area contributed by atoms with Crippen LogP contribution in [0.15, 0.2) is 47.3 Å². The first-order valence-electron chi connectivity index (χ1n) is 9.09. The lowest BCUT2D eigenvalue weighted by molar-refractivity contribution is 0.415. The summed E-state index contributed by atoms with van der Waals surface area (Å²) < 4.78 is 7.16. The van der Waals surface area contributed by atoms with Gasteiger partial charge in [0.15, 0.2) is 0 Å². The summed E-state index contributed by atoms with van der Waals surface area (Å²) >= 11 is 0. The molecule has 0 spiro atoms. The van der Waals surface area contributed by atoms with E-state index in [1.807, 2.05) is 30.3 Å². The predicted octanol–water partition coefficient (Wildman–Crippen LogP) is 4.85. The molecule has 4 heteroatoms. The summed E-state index contributed by atoms with van der Waals surface area (Å²) in [6, 6.07) is 14.1. The molecular formula is C22H26N2O2. The molecule has 0 unspecified atom stereocenters. The highest BCUT2D eigenvalue weighted by Gasteiger charge is 2.14. The van der Waals surface area contributed by atoms with Crippen LogP contribution in [0.5, 0.6) is 5.75 Å². The zero-order valence-corrected chi connectivity index (χ0v) is 16.1. The fourth-order valence-corrected chi connectivity index (χ4v) is 3.17. The van der Waals surface area contributed by atoms with Crippen LogP contribution >= 0.6 is 0 Å². The largest absolute Gasteiger partial charge is 0.497 e. The molecule has 0 atom stereocenters. The van der Waals surface area contributed by atoms with Crippen molar-refractivity contribution in [1.82, 2.24) is 9.55 Å². The quantitative estimate of drug-likeness (QED) is 0.660. The lowest BCUT2D eigenvalue weighted by atomic mass is 9.99. The molecule has 0 aliphatic carbocycles. The second kappa shape index (κ2) is 7.32. The molecule has 0 fully saturated rings. The Balaban J connectivity index is 2.26. The summed E-state index contributed by atoms with van der Waals surface area (Å²) in [7, 11) is 1.65. The van der Waals surface area contributed by atoms with Crippen LogP contribution < -0.4 is 10.4 Å². The Hall–Kier alpha value is -2.62. The van der Waals surface area contributed by atoms with E-state index >= 15 is 0 Å². The highest BCUT2D eigenvalue weighted by molar-refractivity contribution is 5.93. The number of nitrogens with zero attached hydrogens (tertiary/aromatic N) is 2. The summed E-state index contributed by atoms with van der Waals surface area (Å²) in [4.78, 5) is 17.1. The van der Waals surface area contributed by atoms with Crippen molar-refractivity contribution in [2.75, 3.05) is 7.11 Å². The number of aromatic nitrogens is 2. The molecule has 0 saturated heterocycles. The van der Waals surface area contributed by atoms with Gasteiger partial charge in [-0.2, -0.15) is 4.98 Å². The van der Waals surface area contributed by atoms with Gasteiger partial charge < -0.3 is 4.74 Å². The number of fused-ring (bicyclic) bond motifs is 1. The van der Waals surface area contributed by atoms with Crippen molar-refractivity contribution < 1.29 is 4.74 Å². The van der Waals surface area contributed by atoms with Gasteiger partial charge in [-0.3, -0.25) is 4.57 Å². The molecular weight excluding hydrogens is 324 g/mol. The molecule has 0 radical (unpaired) electrons. The maximum atomic E-state index is 12.7. The van der Waals surface area contributed by atoms with E-state index in [2.05, 4.69) is 44.8 Å². The molecule has 4 nitrogen and oxygen atoms in total. The predicted molar refractivity (Wildman–Crippen MR) is 107 cm³/mol. The zero-order chi connectivity index (χ0) is 18.8. The number of hydrogen-bond donors (Lipinski definition) is 0. The van der Waals surface area contributed by atoms with Crippen LogP contribution in [-0.4, -0.2) is 16.7 Å². The number of methoxy groups -OCH3 is 1. The van der Waals surface area contributed by atoms with Crippen molar-refractivity contribution in [2.45, 2.75) is 40.2 Å². The van der Waals surface area contributed by atoms with E-state index in [1.54, 1.807) is 11.7 Å². The molecule has 0 saturated carbocycles. The molecule has 0 aliphatic rings. The van der Waals surface area contributed by atoms with Crippen LogP contribution in [0.4, 0.5) is 0 Å². The summed E-state index contributed by atoms with van der Waals surface area (Å²) in [5.74, 6) is 1.58. The van der Waals surface area contributed by atoms with Gasteiger partial charge in [0.2, 0.25) is 0 Å². The average molecular weight is 350 g/mol. The molecule has 3 aromatic rings. The van der Waals surface area contributed by atoms with Gasteiger partial charge in [-0.1, -0.05) is 52.0 Å². The van der Waals surface area contributed by atoms with Crippen LogP contribution in [0.1, 0.15) is 39.2 Å². The Morgan fingerprint density at radius 3 is 2.31 bits per heavy atom. The first-order chi connectivity index (χ1) is 12.4. The summed E-state index contributed by atoms with van der Waals surface area (Å²) in [5.41, 5.74) is 3.60. The van der Waals surface area contributed by atoms with E-state index in [9.17, 15) is 4.79 Å². The normalized spacial score (nSPS) is 11.5. The van der Waals surface area contributed by atoms with E-state index in [-0.39, 0.29) is 5.69 Å². The molecule has 1 heterocycles. The van der Waals surface area contributed by atoms with Gasteiger partial charge >= 0.3 is 5.69 Å². The van der Waals surface area contributed by atoms with Gasteiger partial charge in [-0.15, -0.1) is 0 Å². The number of hydrogen-bond acceptors (Lipinski definition) is 3. The van der Waals surface area contributed by atoms with Crippen LogP contribution in [0.2, 0.25) is 0 Å². The average Bonchev–Trinajstić information content (AvgIpc) is 2.63. The highest BCUT2D eigenvalue weighted by atomic mass is 16.5. The first kappa shape index (κ1) is 18.2. The number of rotatable bonds is 5. The smallest absolute Gasteiger partial charge is 0.348 e. The third-order valence-electron chi connectivity index (χ3n) is 4.59. The monoisotopic (exact) mass is 350 g/mol. The van der Waals surface area contributed by atoms with Crippen LogP contribution in [0, 0.1) is 5.92 Å². The van der Waals surface area contributed by atoms with Crippen molar-refractivity contribution >= 4 is 10.9 Å². The van der Waals surface area contributed by atoms with Gasteiger partial charge in [-0.05, 0) is 35.6 Å². The molecule has 0 N–H and O–H groups in total. The third-order valence-corrected chi connectivity index (χ3v) is 4.59. The summed E-state index contributed by atoms with van der Waals surface area (Å²) in [6.07, 6.45) is 0. The second-order valence-corrected chi connectivity index (χ2v) is 7.41. The van der Waals surface area contributed by atoms with E-state index in [1.165, 1.54) is 5.56 Å². The Kier molecular flexibility index (Phi) is 5.12. The molecule has 26 heavy (non-hydrogen) atoms. The molecule has 2 aromatic carbocycles. The molecule has 1 aromatic heterocycles.